The smallest absolute Gasteiger partial charge is 0.296 e. The number of amides is 1. The van der Waals surface area contributed by atoms with Crippen LogP contribution in [0.2, 0.25) is 0 Å². The van der Waals surface area contributed by atoms with Crippen molar-refractivity contribution in [1.82, 2.24) is 0 Å². The van der Waals surface area contributed by atoms with Crippen LogP contribution in [0.25, 0.3) is 0 Å². The van der Waals surface area contributed by atoms with E-state index in [2.05, 4.69) is 11.9 Å². The number of carbonyl (C=O) groups is 1. The van der Waals surface area contributed by atoms with E-state index < -0.39 is 35.9 Å². The van der Waals surface area contributed by atoms with Crippen molar-refractivity contribution in [3.8, 4) is 0 Å². The highest BCUT2D eigenvalue weighted by Crippen LogP contribution is 2.24. The van der Waals surface area contributed by atoms with Crippen molar-refractivity contribution in [2.24, 2.45) is 0 Å². The monoisotopic (exact) mass is 307 g/mol. The molecule has 8 nitrogen and oxygen atoms in total. The normalized spacial score (nSPS) is 11.9. The summed E-state index contributed by atoms with van der Waals surface area (Å²) in [5.74, 6) is -0.760. The Morgan fingerprint density at radius 2 is 1.74 bits per heavy atom. The van der Waals surface area contributed by atoms with Crippen LogP contribution in [0, 0.1) is 0 Å². The SMILES string of the molecule is C=CC(=O)Nc1ccc(S(=O)(=O)O)cc1S(=O)(=O)O. The molecule has 1 aromatic rings. The summed E-state index contributed by atoms with van der Waals surface area (Å²) in [5.41, 5.74) is -0.347. The maximum Gasteiger partial charge on any atom is 0.296 e. The van der Waals surface area contributed by atoms with Crippen LogP contribution in [-0.4, -0.2) is 31.8 Å². The molecule has 1 amide bonds. The van der Waals surface area contributed by atoms with Gasteiger partial charge in [0.2, 0.25) is 5.91 Å². The van der Waals surface area contributed by atoms with Gasteiger partial charge in [-0.15, -0.1) is 0 Å². The van der Waals surface area contributed by atoms with Crippen molar-refractivity contribution in [1.29, 1.82) is 0 Å². The lowest BCUT2D eigenvalue weighted by Crippen LogP contribution is -2.12. The second-order valence-corrected chi connectivity index (χ2v) is 6.11. The molecule has 19 heavy (non-hydrogen) atoms. The quantitative estimate of drug-likeness (QED) is 0.537. The van der Waals surface area contributed by atoms with Crippen molar-refractivity contribution in [2.75, 3.05) is 5.32 Å². The first-order valence-electron chi connectivity index (χ1n) is 4.58. The fraction of sp³-hybridized carbons (Fsp3) is 0. The Balaban J connectivity index is 3.51. The Morgan fingerprint density at radius 3 is 2.16 bits per heavy atom. The number of carbonyl (C=O) groups excluding carboxylic acids is 1. The van der Waals surface area contributed by atoms with Gasteiger partial charge in [0, 0.05) is 0 Å². The van der Waals surface area contributed by atoms with Crippen molar-refractivity contribution in [2.45, 2.75) is 9.79 Å². The predicted octanol–water partition coefficient (Wildman–Crippen LogP) is 0.304. The average molecular weight is 307 g/mol. The van der Waals surface area contributed by atoms with Crippen LogP contribution >= 0.6 is 0 Å². The van der Waals surface area contributed by atoms with Crippen molar-refractivity contribution in [3.63, 3.8) is 0 Å². The molecule has 0 aliphatic heterocycles. The van der Waals surface area contributed by atoms with Crippen LogP contribution in [0.4, 0.5) is 5.69 Å². The van der Waals surface area contributed by atoms with Gasteiger partial charge in [-0.1, -0.05) is 6.58 Å². The number of rotatable bonds is 4. The van der Waals surface area contributed by atoms with E-state index in [0.29, 0.717) is 6.07 Å². The molecule has 10 heteroatoms. The zero-order chi connectivity index (χ0) is 14.8. The Hall–Kier alpha value is -1.75. The molecule has 0 bridgehead atoms. The minimum absolute atomic E-state index is 0.347. The molecular weight excluding hydrogens is 298 g/mol. The highest BCUT2D eigenvalue weighted by atomic mass is 32.2. The number of hydrogen-bond donors (Lipinski definition) is 3. The number of nitrogens with one attached hydrogen (secondary N) is 1. The van der Waals surface area contributed by atoms with Crippen LogP contribution in [0.5, 0.6) is 0 Å². The molecule has 0 saturated carbocycles. The number of hydrogen-bond acceptors (Lipinski definition) is 5. The second kappa shape index (κ2) is 5.09. The molecule has 1 rings (SSSR count). The summed E-state index contributed by atoms with van der Waals surface area (Å²) in [6.45, 7) is 3.15. The molecule has 0 saturated heterocycles. The minimum atomic E-state index is -4.79. The Morgan fingerprint density at radius 1 is 1.16 bits per heavy atom. The predicted molar refractivity (Wildman–Crippen MR) is 64.9 cm³/mol. The molecule has 0 spiro atoms. The molecule has 3 N–H and O–H groups in total. The Labute approximate surface area is 109 Å². The van der Waals surface area contributed by atoms with Gasteiger partial charge in [-0.05, 0) is 24.3 Å². The summed E-state index contributed by atoms with van der Waals surface area (Å²) in [6.07, 6.45) is 0.852. The maximum absolute atomic E-state index is 11.1. The zero-order valence-corrected chi connectivity index (χ0v) is 10.9. The summed E-state index contributed by atoms with van der Waals surface area (Å²) < 4.78 is 61.7. The lowest BCUT2D eigenvalue weighted by atomic mass is 10.3. The summed E-state index contributed by atoms with van der Waals surface area (Å²) in [6, 6.07) is 2.29. The van der Waals surface area contributed by atoms with E-state index in [9.17, 15) is 21.6 Å². The Kier molecular flexibility index (Phi) is 4.10. The zero-order valence-electron chi connectivity index (χ0n) is 9.27. The van der Waals surface area contributed by atoms with E-state index in [1.165, 1.54) is 0 Å². The molecule has 0 atom stereocenters. The molecule has 1 aromatic carbocycles. The third-order valence-corrected chi connectivity index (χ3v) is 3.72. The summed E-state index contributed by atoms with van der Waals surface area (Å²) in [7, 11) is -9.44. The first-order valence-corrected chi connectivity index (χ1v) is 7.46. The van der Waals surface area contributed by atoms with Gasteiger partial charge in [-0.25, -0.2) is 0 Å². The largest absolute Gasteiger partial charge is 0.321 e. The Bertz CT molecular complexity index is 734. The third kappa shape index (κ3) is 3.86. The fourth-order valence-electron chi connectivity index (χ4n) is 1.16. The first kappa shape index (κ1) is 15.3. The lowest BCUT2D eigenvalue weighted by molar-refractivity contribution is -0.111. The van der Waals surface area contributed by atoms with Crippen LogP contribution in [0.3, 0.4) is 0 Å². The molecule has 0 radical (unpaired) electrons. The number of benzene rings is 1. The van der Waals surface area contributed by atoms with E-state index in [-0.39, 0.29) is 5.69 Å². The second-order valence-electron chi connectivity index (χ2n) is 3.30. The van der Waals surface area contributed by atoms with Crippen molar-refractivity contribution < 1.29 is 30.7 Å². The topological polar surface area (TPSA) is 138 Å². The van der Waals surface area contributed by atoms with Crippen LogP contribution in [0.15, 0.2) is 40.6 Å². The summed E-state index contributed by atoms with van der Waals surface area (Å²) in [4.78, 5) is 9.47. The van der Waals surface area contributed by atoms with Gasteiger partial charge < -0.3 is 5.32 Å². The molecule has 0 unspecified atom stereocenters. The standard InChI is InChI=1S/C9H9NO7S2/c1-2-9(11)10-7-4-3-6(18(12,13)14)5-8(7)19(15,16)17/h2-5H,1H2,(H,10,11)(H,12,13,14)(H,15,16,17). The van der Waals surface area contributed by atoms with Gasteiger partial charge in [0.05, 0.1) is 10.6 Å². The van der Waals surface area contributed by atoms with E-state index in [0.717, 1.165) is 18.2 Å². The van der Waals surface area contributed by atoms with Crippen LogP contribution < -0.4 is 5.32 Å². The molecular formula is C9H9NO7S2. The van der Waals surface area contributed by atoms with Gasteiger partial charge in [-0.3, -0.25) is 13.9 Å². The molecule has 0 aliphatic rings. The van der Waals surface area contributed by atoms with Gasteiger partial charge in [0.1, 0.15) is 4.90 Å². The minimum Gasteiger partial charge on any atom is -0.321 e. The maximum atomic E-state index is 11.1. The van der Waals surface area contributed by atoms with Gasteiger partial charge >= 0.3 is 0 Å². The van der Waals surface area contributed by atoms with Crippen LogP contribution in [0.1, 0.15) is 0 Å². The molecule has 0 aromatic heterocycles. The fourth-order valence-corrected chi connectivity index (χ4v) is 2.42. The van der Waals surface area contributed by atoms with E-state index in [4.69, 9.17) is 9.11 Å². The van der Waals surface area contributed by atoms with E-state index in [1.54, 1.807) is 0 Å². The molecule has 104 valence electrons. The van der Waals surface area contributed by atoms with Crippen LogP contribution in [-0.2, 0) is 25.0 Å². The average Bonchev–Trinajstić information content (AvgIpc) is 2.26. The summed E-state index contributed by atoms with van der Waals surface area (Å²) in [5, 5.41) is 2.07. The first-order chi connectivity index (χ1) is 8.55. The van der Waals surface area contributed by atoms with Gasteiger partial charge in [0.25, 0.3) is 20.2 Å². The van der Waals surface area contributed by atoms with Crippen molar-refractivity contribution in [3.05, 3.63) is 30.9 Å². The van der Waals surface area contributed by atoms with E-state index in [1.807, 2.05) is 0 Å². The molecule has 0 aliphatic carbocycles. The number of anilines is 1. The van der Waals surface area contributed by atoms with Crippen molar-refractivity contribution >= 4 is 31.8 Å². The molecule has 0 fully saturated rings. The summed E-state index contributed by atoms with van der Waals surface area (Å²) >= 11 is 0. The van der Waals surface area contributed by atoms with Gasteiger partial charge in [-0.2, -0.15) is 16.8 Å². The lowest BCUT2D eigenvalue weighted by Gasteiger charge is -2.08. The highest BCUT2D eigenvalue weighted by Gasteiger charge is 2.21. The van der Waals surface area contributed by atoms with Gasteiger partial charge in [0.15, 0.2) is 0 Å². The third-order valence-electron chi connectivity index (χ3n) is 1.97. The van der Waals surface area contributed by atoms with E-state index >= 15 is 0 Å². The highest BCUT2D eigenvalue weighted by molar-refractivity contribution is 7.86. The molecule has 0 heterocycles.